The molecule has 1 aromatic rings. The minimum Gasteiger partial charge on any atom is -0.516 e. The Morgan fingerprint density at radius 1 is 1.25 bits per heavy atom. The van der Waals surface area contributed by atoms with Gasteiger partial charge in [-0.05, 0) is 23.6 Å². The average molecular weight is 238 g/mol. The van der Waals surface area contributed by atoms with Crippen LogP contribution in [0.1, 0.15) is 6.92 Å². The molecule has 0 saturated heterocycles. The number of rotatable bonds is 3. The molecular weight excluding hydrogens is 224 g/mol. The molecule has 0 aliphatic carbocycles. The van der Waals surface area contributed by atoms with E-state index in [2.05, 4.69) is 0 Å². The van der Waals surface area contributed by atoms with Gasteiger partial charge in [0.2, 0.25) is 0 Å². The molecule has 4 heteroatoms. The van der Waals surface area contributed by atoms with Gasteiger partial charge in [0.05, 0.1) is 6.26 Å². The van der Waals surface area contributed by atoms with Crippen molar-refractivity contribution >= 4 is 17.7 Å². The minimum atomic E-state index is -0.833. The smallest absolute Gasteiger partial charge is 0.300 e. The number of carbonyl (C=O) groups is 1. The number of aliphatic carboxylic acids is 1. The highest BCUT2D eigenvalue weighted by molar-refractivity contribution is 8.02. The van der Waals surface area contributed by atoms with Crippen molar-refractivity contribution in [3.8, 4) is 0 Å². The first-order valence-corrected chi connectivity index (χ1v) is 5.42. The zero-order valence-corrected chi connectivity index (χ0v) is 9.72. The zero-order valence-electron chi connectivity index (χ0n) is 8.91. The molecule has 0 atom stereocenters. The molecule has 16 heavy (non-hydrogen) atoms. The largest absolute Gasteiger partial charge is 0.516 e. The van der Waals surface area contributed by atoms with E-state index in [9.17, 15) is 0 Å². The molecule has 0 saturated carbocycles. The summed E-state index contributed by atoms with van der Waals surface area (Å²) in [6.45, 7) is 1.08. The molecule has 0 amide bonds. The fourth-order valence-electron chi connectivity index (χ4n) is 0.712. The van der Waals surface area contributed by atoms with Crippen molar-refractivity contribution in [2.75, 3.05) is 0 Å². The highest BCUT2D eigenvalue weighted by Crippen LogP contribution is 2.17. The van der Waals surface area contributed by atoms with Gasteiger partial charge in [-0.3, -0.25) is 4.79 Å². The van der Waals surface area contributed by atoms with Crippen LogP contribution in [0.3, 0.4) is 0 Å². The summed E-state index contributed by atoms with van der Waals surface area (Å²) >= 11 is 1.62. The maximum atomic E-state index is 9.00. The summed E-state index contributed by atoms with van der Waals surface area (Å²) < 4.78 is 0. The van der Waals surface area contributed by atoms with Gasteiger partial charge in [-0.15, -0.1) is 0 Å². The molecule has 0 bridgehead atoms. The van der Waals surface area contributed by atoms with Gasteiger partial charge in [-0.1, -0.05) is 36.0 Å². The Bertz CT molecular complexity index is 341. The standard InChI is InChI=1S/C10H10OS.C2H4O2/c11-8-4-5-9-12-10-6-2-1-3-7-10;1-2(3)4/h1-9,11H;1H3,(H,3,4). The number of benzene rings is 1. The predicted octanol–water partition coefficient (Wildman–Crippen LogP) is 3.46. The fraction of sp³-hybridized carbons (Fsp3) is 0.0833. The minimum absolute atomic E-state index is 0.833. The summed E-state index contributed by atoms with van der Waals surface area (Å²) in [6, 6.07) is 10.1. The van der Waals surface area contributed by atoms with E-state index in [1.807, 2.05) is 35.7 Å². The molecule has 0 aromatic heterocycles. The van der Waals surface area contributed by atoms with Crippen LogP contribution in [0.15, 0.2) is 59.0 Å². The maximum Gasteiger partial charge on any atom is 0.300 e. The molecule has 0 spiro atoms. The van der Waals surface area contributed by atoms with Crippen LogP contribution in [-0.2, 0) is 4.79 Å². The predicted molar refractivity (Wildman–Crippen MR) is 66.5 cm³/mol. The summed E-state index contributed by atoms with van der Waals surface area (Å²) in [5.41, 5.74) is 0. The Hall–Kier alpha value is -1.68. The first kappa shape index (κ1) is 14.3. The number of hydrogen-bond donors (Lipinski definition) is 2. The third kappa shape index (κ3) is 10.4. The van der Waals surface area contributed by atoms with Gasteiger partial charge in [-0.2, -0.15) is 0 Å². The number of allylic oxidation sites excluding steroid dienone is 2. The van der Waals surface area contributed by atoms with Crippen molar-refractivity contribution in [2.45, 2.75) is 11.8 Å². The monoisotopic (exact) mass is 238 g/mol. The molecule has 3 nitrogen and oxygen atoms in total. The van der Waals surface area contributed by atoms with Gasteiger partial charge in [0.1, 0.15) is 0 Å². The normalized spacial score (nSPS) is 10.1. The van der Waals surface area contributed by atoms with E-state index in [-0.39, 0.29) is 0 Å². The first-order valence-electron chi connectivity index (χ1n) is 4.54. The Morgan fingerprint density at radius 2 is 1.81 bits per heavy atom. The van der Waals surface area contributed by atoms with Crippen molar-refractivity contribution in [2.24, 2.45) is 0 Å². The second-order valence-electron chi connectivity index (χ2n) is 2.62. The van der Waals surface area contributed by atoms with Crippen LogP contribution in [0.25, 0.3) is 0 Å². The lowest BCUT2D eigenvalue weighted by Crippen LogP contribution is -1.78. The average Bonchev–Trinajstić information content (AvgIpc) is 2.25. The third-order valence-electron chi connectivity index (χ3n) is 1.22. The van der Waals surface area contributed by atoms with Crippen LogP contribution in [0.4, 0.5) is 0 Å². The van der Waals surface area contributed by atoms with Crippen molar-refractivity contribution in [3.63, 3.8) is 0 Å². The summed E-state index contributed by atoms with van der Waals surface area (Å²) in [4.78, 5) is 10.2. The van der Waals surface area contributed by atoms with Crippen LogP contribution >= 0.6 is 11.8 Å². The highest BCUT2D eigenvalue weighted by atomic mass is 32.2. The summed E-state index contributed by atoms with van der Waals surface area (Å²) in [5, 5.41) is 17.7. The lowest BCUT2D eigenvalue weighted by Gasteiger charge is -1.91. The van der Waals surface area contributed by atoms with E-state index in [1.54, 1.807) is 23.9 Å². The van der Waals surface area contributed by atoms with Gasteiger partial charge in [0.15, 0.2) is 0 Å². The zero-order chi connectivity index (χ0) is 12.2. The summed E-state index contributed by atoms with van der Waals surface area (Å²) in [7, 11) is 0. The van der Waals surface area contributed by atoms with E-state index in [0.29, 0.717) is 0 Å². The van der Waals surface area contributed by atoms with Crippen LogP contribution in [0.5, 0.6) is 0 Å². The Kier molecular flexibility index (Phi) is 8.82. The quantitative estimate of drug-likeness (QED) is 0.481. The third-order valence-corrected chi connectivity index (χ3v) is 2.06. The molecule has 0 heterocycles. The second kappa shape index (κ2) is 9.86. The number of aliphatic hydroxyl groups excluding tert-OH is 1. The van der Waals surface area contributed by atoms with Gasteiger partial charge in [0.25, 0.3) is 5.97 Å². The van der Waals surface area contributed by atoms with Crippen molar-refractivity contribution in [3.05, 3.63) is 54.2 Å². The topological polar surface area (TPSA) is 57.5 Å². The Labute approximate surface area is 99.1 Å². The SMILES string of the molecule is CC(=O)O.OC=CC=CSc1ccccc1. The molecule has 2 N–H and O–H groups in total. The summed E-state index contributed by atoms with van der Waals surface area (Å²) in [6.07, 6.45) is 4.38. The highest BCUT2D eigenvalue weighted by Gasteiger charge is 1.84. The number of carboxylic acids is 1. The van der Waals surface area contributed by atoms with Crippen molar-refractivity contribution in [1.82, 2.24) is 0 Å². The van der Waals surface area contributed by atoms with Gasteiger partial charge in [-0.25, -0.2) is 0 Å². The maximum absolute atomic E-state index is 9.00. The second-order valence-corrected chi connectivity index (χ2v) is 3.60. The molecule has 0 aliphatic rings. The molecule has 0 aliphatic heterocycles. The molecule has 1 aromatic carbocycles. The van der Waals surface area contributed by atoms with Crippen molar-refractivity contribution < 1.29 is 15.0 Å². The van der Waals surface area contributed by atoms with E-state index < -0.39 is 5.97 Å². The van der Waals surface area contributed by atoms with E-state index in [0.717, 1.165) is 13.2 Å². The van der Waals surface area contributed by atoms with Crippen LogP contribution in [0, 0.1) is 0 Å². The van der Waals surface area contributed by atoms with Crippen molar-refractivity contribution in [1.29, 1.82) is 0 Å². The molecule has 86 valence electrons. The molecule has 0 radical (unpaired) electrons. The van der Waals surface area contributed by atoms with Crippen LogP contribution in [-0.4, -0.2) is 16.2 Å². The van der Waals surface area contributed by atoms with Gasteiger partial charge < -0.3 is 10.2 Å². The Balaban J connectivity index is 0.000000487. The lowest BCUT2D eigenvalue weighted by molar-refractivity contribution is -0.134. The van der Waals surface area contributed by atoms with Crippen LogP contribution in [0.2, 0.25) is 0 Å². The molecular formula is C12H14O3S. The lowest BCUT2D eigenvalue weighted by atomic mass is 10.4. The molecule has 0 fully saturated rings. The molecule has 1 rings (SSSR count). The number of aliphatic hydroxyl groups is 1. The van der Waals surface area contributed by atoms with E-state index >= 15 is 0 Å². The van der Waals surface area contributed by atoms with Gasteiger partial charge >= 0.3 is 0 Å². The van der Waals surface area contributed by atoms with Crippen LogP contribution < -0.4 is 0 Å². The number of hydrogen-bond acceptors (Lipinski definition) is 3. The number of carboxylic acid groups (broad SMARTS) is 1. The first-order chi connectivity index (χ1) is 7.66. The van der Waals surface area contributed by atoms with Gasteiger partial charge in [0, 0.05) is 11.8 Å². The summed E-state index contributed by atoms with van der Waals surface area (Å²) in [5.74, 6) is -0.833. The Morgan fingerprint density at radius 3 is 2.31 bits per heavy atom. The molecule has 0 unspecified atom stereocenters. The van der Waals surface area contributed by atoms with E-state index in [1.165, 1.54) is 4.90 Å². The number of thioether (sulfide) groups is 1. The van der Waals surface area contributed by atoms with E-state index in [4.69, 9.17) is 15.0 Å². The fourth-order valence-corrected chi connectivity index (χ4v) is 1.35.